The molecule has 0 atom stereocenters. The van der Waals surface area contributed by atoms with Crippen molar-refractivity contribution in [1.29, 1.82) is 0 Å². The fourth-order valence-electron chi connectivity index (χ4n) is 4.00. The van der Waals surface area contributed by atoms with E-state index in [2.05, 4.69) is 29.6 Å². The molecule has 0 unspecified atom stereocenters. The second-order valence-corrected chi connectivity index (χ2v) is 7.40. The summed E-state index contributed by atoms with van der Waals surface area (Å²) in [7, 11) is 0. The van der Waals surface area contributed by atoms with Crippen molar-refractivity contribution >= 4 is 5.69 Å². The third-order valence-corrected chi connectivity index (χ3v) is 5.54. The molecular formula is C19H22FN7. The molecule has 0 aromatic carbocycles. The topological polar surface area (TPSA) is 64.7 Å². The van der Waals surface area contributed by atoms with Gasteiger partial charge in [0.25, 0.3) is 0 Å². The quantitative estimate of drug-likeness (QED) is 0.694. The highest BCUT2D eigenvalue weighted by molar-refractivity contribution is 5.46. The number of hydrogen-bond donors (Lipinski definition) is 0. The van der Waals surface area contributed by atoms with E-state index >= 15 is 0 Å². The molecule has 3 aromatic heterocycles. The molecule has 8 heteroatoms. The van der Waals surface area contributed by atoms with Crippen LogP contribution in [0.5, 0.6) is 0 Å². The van der Waals surface area contributed by atoms with Gasteiger partial charge < -0.3 is 14.0 Å². The summed E-state index contributed by atoms with van der Waals surface area (Å²) in [6, 6.07) is 2.29. The Bertz CT molecular complexity index is 908. The Morgan fingerprint density at radius 1 is 1.04 bits per heavy atom. The number of anilines is 1. The number of rotatable bonds is 5. The van der Waals surface area contributed by atoms with E-state index in [1.165, 1.54) is 19.0 Å². The highest BCUT2D eigenvalue weighted by atomic mass is 19.1. The first kappa shape index (κ1) is 16.4. The molecule has 1 saturated carbocycles. The van der Waals surface area contributed by atoms with Crippen LogP contribution in [0.3, 0.4) is 0 Å². The zero-order chi connectivity index (χ0) is 18.2. The summed E-state index contributed by atoms with van der Waals surface area (Å²) in [5, 5.41) is 9.07. The molecule has 4 heterocycles. The van der Waals surface area contributed by atoms with Gasteiger partial charge in [0.2, 0.25) is 0 Å². The summed E-state index contributed by atoms with van der Waals surface area (Å²) in [4.78, 5) is 10.1. The number of pyridine rings is 1. The first-order chi connectivity index (χ1) is 13.3. The molecule has 7 nitrogen and oxygen atoms in total. The summed E-state index contributed by atoms with van der Waals surface area (Å²) >= 11 is 0. The number of hydrogen-bond acceptors (Lipinski definition) is 5. The Balaban J connectivity index is 1.34. The summed E-state index contributed by atoms with van der Waals surface area (Å²) in [6.07, 6.45) is 12.8. The van der Waals surface area contributed by atoms with Gasteiger partial charge in [0.05, 0.1) is 24.8 Å². The SMILES string of the molecule is Fc1cnccc1N1CCC(c2nnc(Cn3ccnc3)n2C2CC2)CC1. The molecular weight excluding hydrogens is 345 g/mol. The van der Waals surface area contributed by atoms with Crippen LogP contribution in [0.2, 0.25) is 0 Å². The molecule has 27 heavy (non-hydrogen) atoms. The molecule has 1 saturated heterocycles. The van der Waals surface area contributed by atoms with Crippen LogP contribution in [-0.4, -0.2) is 42.4 Å². The fourth-order valence-corrected chi connectivity index (χ4v) is 4.00. The number of halogens is 1. The predicted molar refractivity (Wildman–Crippen MR) is 98.0 cm³/mol. The maximum atomic E-state index is 14.0. The average molecular weight is 367 g/mol. The minimum absolute atomic E-state index is 0.250. The van der Waals surface area contributed by atoms with Gasteiger partial charge in [-0.1, -0.05) is 0 Å². The van der Waals surface area contributed by atoms with Crippen molar-refractivity contribution in [2.45, 2.75) is 44.2 Å². The second-order valence-electron chi connectivity index (χ2n) is 7.40. The van der Waals surface area contributed by atoms with Gasteiger partial charge in [-0.25, -0.2) is 9.37 Å². The summed E-state index contributed by atoms with van der Waals surface area (Å²) in [6.45, 7) is 2.34. The normalized spacial score (nSPS) is 18.2. The van der Waals surface area contributed by atoms with Crippen molar-refractivity contribution in [2.75, 3.05) is 18.0 Å². The lowest BCUT2D eigenvalue weighted by molar-refractivity contribution is 0.457. The van der Waals surface area contributed by atoms with Gasteiger partial charge in [-0.3, -0.25) is 4.98 Å². The zero-order valence-electron chi connectivity index (χ0n) is 15.1. The maximum Gasteiger partial charge on any atom is 0.164 e. The van der Waals surface area contributed by atoms with Crippen LogP contribution in [0.1, 0.15) is 49.3 Å². The minimum atomic E-state index is -0.250. The van der Waals surface area contributed by atoms with Gasteiger partial charge in [0.15, 0.2) is 11.6 Å². The van der Waals surface area contributed by atoms with Crippen molar-refractivity contribution in [1.82, 2.24) is 29.3 Å². The molecule has 0 radical (unpaired) electrons. The molecule has 1 aliphatic heterocycles. The maximum absolute atomic E-state index is 14.0. The van der Waals surface area contributed by atoms with E-state index in [9.17, 15) is 4.39 Å². The lowest BCUT2D eigenvalue weighted by Crippen LogP contribution is -2.34. The predicted octanol–water partition coefficient (Wildman–Crippen LogP) is 2.78. The van der Waals surface area contributed by atoms with Crippen molar-refractivity contribution in [3.05, 3.63) is 54.6 Å². The number of imidazole rings is 1. The number of nitrogens with zero attached hydrogens (tertiary/aromatic N) is 7. The molecule has 0 spiro atoms. The third-order valence-electron chi connectivity index (χ3n) is 5.54. The molecule has 0 N–H and O–H groups in total. The molecule has 2 aliphatic rings. The number of piperidine rings is 1. The van der Waals surface area contributed by atoms with Crippen LogP contribution in [0.15, 0.2) is 37.2 Å². The van der Waals surface area contributed by atoms with E-state index in [1.54, 1.807) is 18.5 Å². The van der Waals surface area contributed by atoms with Gasteiger partial charge in [0, 0.05) is 43.6 Å². The Morgan fingerprint density at radius 2 is 1.89 bits per heavy atom. The van der Waals surface area contributed by atoms with Crippen molar-refractivity contribution in [3.63, 3.8) is 0 Å². The average Bonchev–Trinajstić information content (AvgIpc) is 3.24. The van der Waals surface area contributed by atoms with E-state index < -0.39 is 0 Å². The van der Waals surface area contributed by atoms with Gasteiger partial charge in [-0.05, 0) is 31.7 Å². The van der Waals surface area contributed by atoms with Crippen LogP contribution in [0.25, 0.3) is 0 Å². The number of aromatic nitrogens is 6. The monoisotopic (exact) mass is 367 g/mol. The Hall–Kier alpha value is -2.77. The lowest BCUT2D eigenvalue weighted by atomic mass is 9.95. The van der Waals surface area contributed by atoms with Crippen LogP contribution in [0.4, 0.5) is 10.1 Å². The van der Waals surface area contributed by atoms with E-state index in [4.69, 9.17) is 0 Å². The summed E-state index contributed by atoms with van der Waals surface area (Å²) in [5.74, 6) is 2.23. The standard InChI is InChI=1S/C19H22FN7/c20-16-11-21-6-3-17(16)26-8-4-14(5-9-26)19-24-23-18(27(19)15-1-2-15)12-25-10-7-22-13-25/h3,6-7,10-11,13-15H,1-2,4-5,8-9,12H2. The first-order valence-electron chi connectivity index (χ1n) is 9.53. The van der Waals surface area contributed by atoms with Gasteiger partial charge >= 0.3 is 0 Å². The van der Waals surface area contributed by atoms with Crippen LogP contribution >= 0.6 is 0 Å². The summed E-state index contributed by atoms with van der Waals surface area (Å²) in [5.41, 5.74) is 0.646. The van der Waals surface area contributed by atoms with Crippen LogP contribution in [-0.2, 0) is 6.54 Å². The largest absolute Gasteiger partial charge is 0.369 e. The highest BCUT2D eigenvalue weighted by Crippen LogP contribution is 2.40. The lowest BCUT2D eigenvalue weighted by Gasteiger charge is -2.33. The molecule has 0 bridgehead atoms. The van der Waals surface area contributed by atoms with E-state index in [-0.39, 0.29) is 5.82 Å². The van der Waals surface area contributed by atoms with E-state index in [0.717, 1.165) is 37.6 Å². The van der Waals surface area contributed by atoms with E-state index in [0.29, 0.717) is 24.2 Å². The molecule has 1 aliphatic carbocycles. The van der Waals surface area contributed by atoms with Gasteiger partial charge in [-0.2, -0.15) is 0 Å². The fraction of sp³-hybridized carbons (Fsp3) is 0.474. The highest BCUT2D eigenvalue weighted by Gasteiger charge is 2.33. The van der Waals surface area contributed by atoms with Crippen LogP contribution < -0.4 is 4.90 Å². The van der Waals surface area contributed by atoms with E-state index in [1.807, 2.05) is 17.1 Å². The van der Waals surface area contributed by atoms with Crippen LogP contribution in [0, 0.1) is 5.82 Å². The molecule has 140 valence electrons. The van der Waals surface area contributed by atoms with Crippen molar-refractivity contribution in [2.24, 2.45) is 0 Å². The first-order valence-corrected chi connectivity index (χ1v) is 9.53. The second kappa shape index (κ2) is 6.75. The Morgan fingerprint density at radius 3 is 2.59 bits per heavy atom. The summed E-state index contributed by atoms with van der Waals surface area (Å²) < 4.78 is 18.4. The van der Waals surface area contributed by atoms with Crippen molar-refractivity contribution < 1.29 is 4.39 Å². The molecule has 2 fully saturated rings. The molecule has 0 amide bonds. The molecule has 3 aromatic rings. The van der Waals surface area contributed by atoms with Crippen molar-refractivity contribution in [3.8, 4) is 0 Å². The Kier molecular flexibility index (Phi) is 4.10. The zero-order valence-corrected chi connectivity index (χ0v) is 15.1. The Labute approximate surface area is 156 Å². The minimum Gasteiger partial charge on any atom is -0.369 e. The smallest absolute Gasteiger partial charge is 0.164 e. The third kappa shape index (κ3) is 3.20. The van der Waals surface area contributed by atoms with Gasteiger partial charge in [0.1, 0.15) is 5.82 Å². The van der Waals surface area contributed by atoms with Gasteiger partial charge in [-0.15, -0.1) is 10.2 Å². The molecule has 5 rings (SSSR count).